The predicted molar refractivity (Wildman–Crippen MR) is 96.3 cm³/mol. The second kappa shape index (κ2) is 7.32. The largest absolute Gasteiger partial charge is 0.369 e. The van der Waals surface area contributed by atoms with Crippen LogP contribution in [0.4, 0.5) is 5.82 Å². The van der Waals surface area contributed by atoms with Crippen molar-refractivity contribution in [1.82, 2.24) is 9.97 Å². The third-order valence-corrected chi connectivity index (χ3v) is 5.71. The summed E-state index contributed by atoms with van der Waals surface area (Å²) < 4.78 is 1.02. The molecule has 5 heteroatoms. The summed E-state index contributed by atoms with van der Waals surface area (Å²) in [5, 5.41) is 3.90. The van der Waals surface area contributed by atoms with Crippen LogP contribution >= 0.6 is 27.7 Å². The van der Waals surface area contributed by atoms with E-state index >= 15 is 0 Å². The predicted octanol–water partition coefficient (Wildman–Crippen LogP) is 5.32. The zero-order valence-electron chi connectivity index (χ0n) is 13.5. The average molecular weight is 372 g/mol. The molecule has 1 aliphatic heterocycles. The summed E-state index contributed by atoms with van der Waals surface area (Å²) in [6.07, 6.45) is 4.91. The van der Waals surface area contributed by atoms with Crippen LogP contribution in [0.5, 0.6) is 0 Å². The van der Waals surface area contributed by atoms with Crippen LogP contribution in [-0.2, 0) is 5.41 Å². The Labute approximate surface area is 141 Å². The molecule has 0 aliphatic carbocycles. The minimum atomic E-state index is 0.0124. The second-order valence-electron chi connectivity index (χ2n) is 6.62. The highest BCUT2D eigenvalue weighted by Gasteiger charge is 2.26. The van der Waals surface area contributed by atoms with Gasteiger partial charge in [0, 0.05) is 12.0 Å². The van der Waals surface area contributed by atoms with Crippen LogP contribution in [-0.4, -0.2) is 22.3 Å². The number of thioether (sulfide) groups is 1. The Balaban J connectivity index is 2.39. The molecule has 0 radical (unpaired) electrons. The fraction of sp³-hybridized carbons (Fsp3) is 0.750. The lowest BCUT2D eigenvalue weighted by atomic mass is 9.91. The summed E-state index contributed by atoms with van der Waals surface area (Å²) >= 11 is 5.72. The van der Waals surface area contributed by atoms with Crippen molar-refractivity contribution in [3.8, 4) is 0 Å². The van der Waals surface area contributed by atoms with E-state index in [-0.39, 0.29) is 5.41 Å². The fourth-order valence-electron chi connectivity index (χ4n) is 2.41. The summed E-state index contributed by atoms with van der Waals surface area (Å²) in [5.74, 6) is 3.19. The van der Waals surface area contributed by atoms with E-state index in [9.17, 15) is 0 Å². The molecule has 21 heavy (non-hydrogen) atoms. The summed E-state index contributed by atoms with van der Waals surface area (Å²) in [4.78, 5) is 9.73. The molecule has 0 saturated carbocycles. The van der Waals surface area contributed by atoms with Crippen molar-refractivity contribution in [3.05, 3.63) is 16.0 Å². The Morgan fingerprint density at radius 1 is 1.29 bits per heavy atom. The van der Waals surface area contributed by atoms with E-state index in [1.54, 1.807) is 0 Å². The molecular formula is C16H26BrN3S. The van der Waals surface area contributed by atoms with Crippen molar-refractivity contribution >= 4 is 33.5 Å². The first-order valence-electron chi connectivity index (χ1n) is 7.87. The standard InChI is InChI=1S/C16H26BrN3S/c1-5-9-18-15-12(17)13(16(2,3)4)19-14(20-15)11-8-6-7-10-21-11/h11H,5-10H2,1-4H3,(H,18,19,20). The van der Waals surface area contributed by atoms with Gasteiger partial charge in [-0.05, 0) is 40.9 Å². The first-order valence-corrected chi connectivity index (χ1v) is 9.71. The molecule has 0 spiro atoms. The van der Waals surface area contributed by atoms with Gasteiger partial charge in [0.05, 0.1) is 15.4 Å². The van der Waals surface area contributed by atoms with Gasteiger partial charge < -0.3 is 5.32 Å². The number of hydrogen-bond acceptors (Lipinski definition) is 4. The molecule has 2 heterocycles. The molecule has 1 unspecified atom stereocenters. The number of nitrogens with zero attached hydrogens (tertiary/aromatic N) is 2. The maximum absolute atomic E-state index is 4.92. The van der Waals surface area contributed by atoms with Crippen LogP contribution < -0.4 is 5.32 Å². The van der Waals surface area contributed by atoms with E-state index in [1.165, 1.54) is 25.0 Å². The summed E-state index contributed by atoms with van der Waals surface area (Å²) in [6.45, 7) is 9.74. The molecule has 1 aromatic heterocycles. The van der Waals surface area contributed by atoms with Gasteiger partial charge >= 0.3 is 0 Å². The van der Waals surface area contributed by atoms with Gasteiger partial charge in [-0.2, -0.15) is 11.8 Å². The van der Waals surface area contributed by atoms with E-state index in [2.05, 4.69) is 48.9 Å². The summed E-state index contributed by atoms with van der Waals surface area (Å²) in [7, 11) is 0. The smallest absolute Gasteiger partial charge is 0.144 e. The Bertz CT molecular complexity index is 479. The first-order chi connectivity index (χ1) is 9.93. The Kier molecular flexibility index (Phi) is 5.95. The highest BCUT2D eigenvalue weighted by molar-refractivity contribution is 9.10. The van der Waals surface area contributed by atoms with Gasteiger partial charge in [0.15, 0.2) is 0 Å². The molecule has 0 bridgehead atoms. The zero-order valence-corrected chi connectivity index (χ0v) is 15.9. The monoisotopic (exact) mass is 371 g/mol. The third-order valence-electron chi connectivity index (χ3n) is 3.59. The van der Waals surface area contributed by atoms with Crippen LogP contribution in [0.1, 0.15) is 70.1 Å². The third kappa shape index (κ3) is 4.35. The van der Waals surface area contributed by atoms with Gasteiger partial charge in [0.2, 0.25) is 0 Å². The van der Waals surface area contributed by atoms with E-state index in [0.29, 0.717) is 5.25 Å². The molecule has 2 rings (SSSR count). The molecule has 0 amide bonds. The van der Waals surface area contributed by atoms with E-state index in [4.69, 9.17) is 9.97 Å². The van der Waals surface area contributed by atoms with Crippen molar-refractivity contribution in [3.63, 3.8) is 0 Å². The number of aromatic nitrogens is 2. The lowest BCUT2D eigenvalue weighted by molar-refractivity contribution is 0.553. The van der Waals surface area contributed by atoms with Crippen LogP contribution in [0.15, 0.2) is 4.47 Å². The summed E-state index contributed by atoms with van der Waals surface area (Å²) in [6, 6.07) is 0. The summed E-state index contributed by atoms with van der Waals surface area (Å²) in [5.41, 5.74) is 1.12. The molecule has 1 aromatic rings. The van der Waals surface area contributed by atoms with Crippen molar-refractivity contribution < 1.29 is 0 Å². The molecule has 0 aromatic carbocycles. The Hall–Kier alpha value is -0.290. The fourth-order valence-corrected chi connectivity index (χ4v) is 4.57. The quantitative estimate of drug-likeness (QED) is 0.777. The van der Waals surface area contributed by atoms with Crippen molar-refractivity contribution in [1.29, 1.82) is 0 Å². The van der Waals surface area contributed by atoms with Gasteiger partial charge in [0.1, 0.15) is 11.6 Å². The maximum atomic E-state index is 4.92. The van der Waals surface area contributed by atoms with Crippen LogP contribution in [0, 0.1) is 0 Å². The molecular weight excluding hydrogens is 346 g/mol. The minimum absolute atomic E-state index is 0.0124. The Morgan fingerprint density at radius 2 is 2.05 bits per heavy atom. The van der Waals surface area contributed by atoms with E-state index < -0.39 is 0 Å². The second-order valence-corrected chi connectivity index (χ2v) is 8.73. The highest BCUT2D eigenvalue weighted by atomic mass is 79.9. The van der Waals surface area contributed by atoms with Crippen molar-refractivity contribution in [2.45, 2.75) is 64.0 Å². The van der Waals surface area contributed by atoms with Gasteiger partial charge in [-0.15, -0.1) is 0 Å². The van der Waals surface area contributed by atoms with E-state index in [1.807, 2.05) is 11.8 Å². The minimum Gasteiger partial charge on any atom is -0.369 e. The molecule has 1 fully saturated rings. The number of anilines is 1. The molecule has 1 atom stereocenters. The molecule has 3 nitrogen and oxygen atoms in total. The van der Waals surface area contributed by atoms with Gasteiger partial charge in [-0.25, -0.2) is 9.97 Å². The molecule has 1 aliphatic rings. The highest BCUT2D eigenvalue weighted by Crippen LogP contribution is 2.40. The number of halogens is 1. The Morgan fingerprint density at radius 3 is 2.62 bits per heavy atom. The molecule has 1 saturated heterocycles. The lowest BCUT2D eigenvalue weighted by Gasteiger charge is -2.25. The van der Waals surface area contributed by atoms with Crippen LogP contribution in [0.3, 0.4) is 0 Å². The van der Waals surface area contributed by atoms with Crippen molar-refractivity contribution in [2.24, 2.45) is 0 Å². The number of nitrogens with one attached hydrogen (secondary N) is 1. The first kappa shape index (κ1) is 17.1. The van der Waals surface area contributed by atoms with Crippen molar-refractivity contribution in [2.75, 3.05) is 17.6 Å². The van der Waals surface area contributed by atoms with Crippen LogP contribution in [0.2, 0.25) is 0 Å². The number of rotatable bonds is 4. The molecule has 1 N–H and O–H groups in total. The normalized spacial score (nSPS) is 19.6. The van der Waals surface area contributed by atoms with Gasteiger partial charge in [-0.1, -0.05) is 34.1 Å². The molecule has 118 valence electrons. The van der Waals surface area contributed by atoms with Gasteiger partial charge in [-0.3, -0.25) is 0 Å². The van der Waals surface area contributed by atoms with E-state index in [0.717, 1.165) is 34.8 Å². The average Bonchev–Trinajstić information content (AvgIpc) is 2.46. The lowest BCUT2D eigenvalue weighted by Crippen LogP contribution is -2.20. The maximum Gasteiger partial charge on any atom is 0.144 e. The zero-order chi connectivity index (χ0) is 15.5. The van der Waals surface area contributed by atoms with Gasteiger partial charge in [0.25, 0.3) is 0 Å². The SMILES string of the molecule is CCCNc1nc(C2CCCCS2)nc(C(C)(C)C)c1Br. The topological polar surface area (TPSA) is 37.8 Å². The van der Waals surface area contributed by atoms with Crippen LogP contribution in [0.25, 0.3) is 0 Å². The number of hydrogen-bond donors (Lipinski definition) is 1.